The molecule has 15 heavy (non-hydrogen) atoms. The van der Waals surface area contributed by atoms with Crippen LogP contribution in [0, 0.1) is 11.8 Å². The molecule has 3 unspecified atom stereocenters. The Morgan fingerprint density at radius 2 is 2.47 bits per heavy atom. The smallest absolute Gasteiger partial charge is 0.309 e. The molecule has 0 spiro atoms. The number of carbonyl (C=O) groups excluding carboxylic acids is 1. The highest BCUT2D eigenvalue weighted by molar-refractivity contribution is 5.73. The Morgan fingerprint density at radius 1 is 1.67 bits per heavy atom. The summed E-state index contributed by atoms with van der Waals surface area (Å²) in [6.45, 7) is 6.16. The molecule has 3 atom stereocenters. The zero-order valence-electron chi connectivity index (χ0n) is 9.20. The molecule has 0 amide bonds. The minimum absolute atomic E-state index is 0.0393. The molecule has 2 bridgehead atoms. The van der Waals surface area contributed by atoms with Crippen molar-refractivity contribution >= 4 is 5.97 Å². The van der Waals surface area contributed by atoms with Gasteiger partial charge in [0.05, 0.1) is 12.2 Å². The second-order valence-electron chi connectivity index (χ2n) is 4.69. The monoisotopic (exact) mass is 210 g/mol. The lowest BCUT2D eigenvalue weighted by atomic mass is 9.70. The molecule has 0 aromatic heterocycles. The lowest BCUT2D eigenvalue weighted by Crippen LogP contribution is -2.51. The van der Waals surface area contributed by atoms with Crippen LogP contribution in [-0.2, 0) is 14.3 Å². The van der Waals surface area contributed by atoms with E-state index in [-0.39, 0.29) is 17.5 Å². The van der Waals surface area contributed by atoms with Crippen LogP contribution in [0.1, 0.15) is 32.6 Å². The minimum Gasteiger partial charge on any atom is -0.492 e. The number of hydrogen-bond acceptors (Lipinski definition) is 3. The van der Waals surface area contributed by atoms with Gasteiger partial charge < -0.3 is 9.47 Å². The first-order chi connectivity index (χ1) is 7.19. The molecule has 0 radical (unpaired) electrons. The first-order valence-corrected chi connectivity index (χ1v) is 5.64. The van der Waals surface area contributed by atoms with Crippen LogP contribution in [0.15, 0.2) is 12.8 Å². The van der Waals surface area contributed by atoms with Gasteiger partial charge in [-0.25, -0.2) is 0 Å². The summed E-state index contributed by atoms with van der Waals surface area (Å²) in [6, 6.07) is 0. The van der Waals surface area contributed by atoms with Crippen molar-refractivity contribution in [1.29, 1.82) is 0 Å². The van der Waals surface area contributed by atoms with E-state index in [4.69, 9.17) is 9.47 Å². The van der Waals surface area contributed by atoms with E-state index < -0.39 is 0 Å². The van der Waals surface area contributed by atoms with Crippen molar-refractivity contribution in [1.82, 2.24) is 0 Å². The van der Waals surface area contributed by atoms with Crippen LogP contribution in [0.4, 0.5) is 0 Å². The summed E-state index contributed by atoms with van der Waals surface area (Å²) in [4.78, 5) is 11.5. The molecule has 1 saturated carbocycles. The highest BCUT2D eigenvalue weighted by atomic mass is 16.6. The van der Waals surface area contributed by atoms with Crippen LogP contribution in [0.5, 0.6) is 0 Å². The summed E-state index contributed by atoms with van der Waals surface area (Å²) < 4.78 is 10.8. The molecule has 2 fully saturated rings. The second-order valence-corrected chi connectivity index (χ2v) is 4.69. The molecule has 1 aliphatic heterocycles. The number of esters is 1. The van der Waals surface area contributed by atoms with Gasteiger partial charge in [-0.2, -0.15) is 0 Å². The van der Waals surface area contributed by atoms with Gasteiger partial charge in [0.1, 0.15) is 12.2 Å². The predicted molar refractivity (Wildman–Crippen MR) is 56.1 cm³/mol. The van der Waals surface area contributed by atoms with Crippen molar-refractivity contribution < 1.29 is 14.3 Å². The first kappa shape index (κ1) is 10.5. The molecule has 3 heteroatoms. The molecule has 0 aromatic rings. The van der Waals surface area contributed by atoms with Crippen molar-refractivity contribution in [3.63, 3.8) is 0 Å². The maximum absolute atomic E-state index is 11.5. The van der Waals surface area contributed by atoms with Crippen molar-refractivity contribution in [2.24, 2.45) is 11.8 Å². The Hall–Kier alpha value is -0.990. The topological polar surface area (TPSA) is 35.5 Å². The Kier molecular flexibility index (Phi) is 2.72. The van der Waals surface area contributed by atoms with Crippen molar-refractivity contribution in [2.75, 3.05) is 6.61 Å². The fraction of sp³-hybridized carbons (Fsp3) is 0.750. The zero-order valence-corrected chi connectivity index (χ0v) is 9.20. The summed E-state index contributed by atoms with van der Waals surface area (Å²) >= 11 is 0. The lowest BCUT2D eigenvalue weighted by molar-refractivity contribution is -0.184. The third kappa shape index (κ3) is 1.87. The van der Waals surface area contributed by atoms with E-state index in [1.54, 1.807) is 0 Å². The van der Waals surface area contributed by atoms with Crippen LogP contribution < -0.4 is 0 Å². The largest absolute Gasteiger partial charge is 0.492 e. The Balaban J connectivity index is 2.16. The average molecular weight is 210 g/mol. The van der Waals surface area contributed by atoms with Gasteiger partial charge in [0.15, 0.2) is 0 Å². The molecule has 1 saturated heterocycles. The van der Waals surface area contributed by atoms with Crippen LogP contribution in [0.25, 0.3) is 0 Å². The molecule has 84 valence electrons. The van der Waals surface area contributed by atoms with Gasteiger partial charge in [-0.3, -0.25) is 4.79 Å². The molecule has 3 nitrogen and oxygen atoms in total. The second kappa shape index (κ2) is 3.87. The molecule has 2 rings (SSSR count). The summed E-state index contributed by atoms with van der Waals surface area (Å²) in [5.41, 5.74) is -0.279. The molecular weight excluding hydrogens is 192 g/mol. The van der Waals surface area contributed by atoms with Crippen molar-refractivity contribution in [3.8, 4) is 0 Å². The van der Waals surface area contributed by atoms with E-state index in [1.165, 1.54) is 6.26 Å². The van der Waals surface area contributed by atoms with Gasteiger partial charge in [0.2, 0.25) is 0 Å². The van der Waals surface area contributed by atoms with Crippen molar-refractivity contribution in [2.45, 2.75) is 38.2 Å². The normalized spacial score (nSPS) is 39.4. The molecule has 1 heterocycles. The third-order valence-electron chi connectivity index (χ3n) is 3.62. The van der Waals surface area contributed by atoms with Gasteiger partial charge in [-0.05, 0) is 18.8 Å². The Morgan fingerprint density at radius 3 is 3.13 bits per heavy atom. The van der Waals surface area contributed by atoms with Crippen LogP contribution >= 0.6 is 0 Å². The zero-order chi connectivity index (χ0) is 10.9. The van der Waals surface area contributed by atoms with Crippen LogP contribution in [0.3, 0.4) is 0 Å². The van der Waals surface area contributed by atoms with Crippen LogP contribution in [-0.4, -0.2) is 18.2 Å². The first-order valence-electron chi connectivity index (χ1n) is 5.64. The highest BCUT2D eigenvalue weighted by Crippen LogP contribution is 2.43. The van der Waals surface area contributed by atoms with Gasteiger partial charge in [-0.1, -0.05) is 19.9 Å². The number of fused-ring (bicyclic) bond motifs is 2. The van der Waals surface area contributed by atoms with Gasteiger partial charge in [-0.15, -0.1) is 0 Å². The summed E-state index contributed by atoms with van der Waals surface area (Å²) in [7, 11) is 0. The Labute approximate surface area is 90.4 Å². The lowest BCUT2D eigenvalue weighted by Gasteiger charge is -2.45. The summed E-state index contributed by atoms with van der Waals surface area (Å²) in [5.74, 6) is 0.574. The van der Waals surface area contributed by atoms with Gasteiger partial charge in [0, 0.05) is 6.42 Å². The Bertz CT molecular complexity index is 274. The van der Waals surface area contributed by atoms with Gasteiger partial charge >= 0.3 is 5.97 Å². The maximum atomic E-state index is 11.5. The number of rotatable bonds is 3. The standard InChI is InChI=1S/C12H18O3/c1-3-9-5-10-7-12(6-9,15-4-2)8-14-11(10)13/h4,9-10H,2-3,5-8H2,1H3. The number of carbonyl (C=O) groups is 1. The van der Waals surface area contributed by atoms with Gasteiger partial charge in [0.25, 0.3) is 0 Å². The summed E-state index contributed by atoms with van der Waals surface area (Å²) in [6.07, 6.45) is 5.32. The molecule has 0 aromatic carbocycles. The van der Waals surface area contributed by atoms with E-state index in [9.17, 15) is 4.79 Å². The van der Waals surface area contributed by atoms with Crippen molar-refractivity contribution in [3.05, 3.63) is 12.8 Å². The predicted octanol–water partition coefficient (Wildman–Crippen LogP) is 2.27. The summed E-state index contributed by atoms with van der Waals surface area (Å²) in [5, 5.41) is 0. The average Bonchev–Trinajstić information content (AvgIpc) is 2.24. The number of cyclic esters (lactones) is 1. The fourth-order valence-electron chi connectivity index (χ4n) is 2.86. The van der Waals surface area contributed by atoms with E-state index in [2.05, 4.69) is 13.5 Å². The van der Waals surface area contributed by atoms with E-state index in [1.807, 2.05) is 0 Å². The fourth-order valence-corrected chi connectivity index (χ4v) is 2.86. The van der Waals surface area contributed by atoms with E-state index in [0.29, 0.717) is 12.5 Å². The van der Waals surface area contributed by atoms with E-state index in [0.717, 1.165) is 25.7 Å². The highest BCUT2D eigenvalue weighted by Gasteiger charge is 2.48. The molecule has 2 aliphatic rings. The SMILES string of the molecule is C=COC12COC(=O)C(CC(CC)C1)C2. The maximum Gasteiger partial charge on any atom is 0.309 e. The number of ether oxygens (including phenoxy) is 2. The van der Waals surface area contributed by atoms with Crippen LogP contribution in [0.2, 0.25) is 0 Å². The molecular formula is C12H18O3. The molecule has 1 aliphatic carbocycles. The van der Waals surface area contributed by atoms with E-state index >= 15 is 0 Å². The minimum atomic E-state index is -0.279. The number of hydrogen-bond donors (Lipinski definition) is 0. The quantitative estimate of drug-likeness (QED) is 0.529. The third-order valence-corrected chi connectivity index (χ3v) is 3.62. The molecule has 0 N–H and O–H groups in total.